The number of aryl methyl sites for hydroxylation is 1. The van der Waals surface area contributed by atoms with Crippen LogP contribution in [0.25, 0.3) is 0 Å². The first-order valence-corrected chi connectivity index (χ1v) is 6.72. The predicted octanol–water partition coefficient (Wildman–Crippen LogP) is 3.99. The Bertz CT molecular complexity index is 583. The smallest absolute Gasteiger partial charge is 0.123 e. The molecule has 106 valence electrons. The van der Waals surface area contributed by atoms with Gasteiger partial charge in [0.1, 0.15) is 11.6 Å². The van der Waals surface area contributed by atoms with Crippen molar-refractivity contribution in [3.63, 3.8) is 0 Å². The molecule has 0 aliphatic rings. The average molecular weight is 273 g/mol. The van der Waals surface area contributed by atoms with E-state index in [4.69, 9.17) is 4.74 Å². The van der Waals surface area contributed by atoms with Gasteiger partial charge in [0.2, 0.25) is 0 Å². The van der Waals surface area contributed by atoms with Crippen molar-refractivity contribution in [1.82, 2.24) is 5.32 Å². The molecule has 0 heterocycles. The van der Waals surface area contributed by atoms with Crippen LogP contribution in [0, 0.1) is 12.7 Å². The Balaban J connectivity index is 2.02. The van der Waals surface area contributed by atoms with Gasteiger partial charge in [0.15, 0.2) is 0 Å². The van der Waals surface area contributed by atoms with Crippen molar-refractivity contribution >= 4 is 0 Å². The monoisotopic (exact) mass is 273 g/mol. The summed E-state index contributed by atoms with van der Waals surface area (Å²) in [4.78, 5) is 0. The molecule has 1 N–H and O–H groups in total. The summed E-state index contributed by atoms with van der Waals surface area (Å²) in [6.45, 7) is 4.74. The lowest BCUT2D eigenvalue weighted by molar-refractivity contribution is 0.413. The van der Waals surface area contributed by atoms with Gasteiger partial charge in [-0.3, -0.25) is 0 Å². The molecular weight excluding hydrogens is 253 g/mol. The van der Waals surface area contributed by atoms with Gasteiger partial charge in [-0.1, -0.05) is 18.2 Å². The van der Waals surface area contributed by atoms with Crippen LogP contribution in [-0.2, 0) is 6.54 Å². The van der Waals surface area contributed by atoms with Crippen molar-refractivity contribution in [2.75, 3.05) is 7.11 Å². The molecule has 0 fully saturated rings. The lowest BCUT2D eigenvalue weighted by atomic mass is 10.1. The normalized spacial score (nSPS) is 12.2. The van der Waals surface area contributed by atoms with Crippen LogP contribution in [-0.4, -0.2) is 7.11 Å². The molecule has 2 rings (SSSR count). The predicted molar refractivity (Wildman–Crippen MR) is 79.4 cm³/mol. The Hall–Kier alpha value is -1.87. The number of rotatable bonds is 5. The van der Waals surface area contributed by atoms with E-state index >= 15 is 0 Å². The summed E-state index contributed by atoms with van der Waals surface area (Å²) in [5.74, 6) is 0.668. The zero-order valence-electron chi connectivity index (χ0n) is 12.1. The molecule has 0 amide bonds. The Morgan fingerprint density at radius 1 is 1.20 bits per heavy atom. The summed E-state index contributed by atoms with van der Waals surface area (Å²) in [6, 6.07) is 13.1. The minimum Gasteiger partial charge on any atom is -0.497 e. The van der Waals surface area contributed by atoms with E-state index in [1.165, 1.54) is 11.6 Å². The second kappa shape index (κ2) is 6.53. The molecule has 0 spiro atoms. The van der Waals surface area contributed by atoms with Crippen molar-refractivity contribution < 1.29 is 9.13 Å². The number of benzene rings is 2. The van der Waals surface area contributed by atoms with Crippen molar-refractivity contribution in [3.05, 3.63) is 65.0 Å². The highest BCUT2D eigenvalue weighted by Gasteiger charge is 2.07. The third-order valence-corrected chi connectivity index (χ3v) is 3.50. The molecule has 0 saturated carbocycles. The quantitative estimate of drug-likeness (QED) is 0.889. The summed E-state index contributed by atoms with van der Waals surface area (Å²) in [5, 5.41) is 3.45. The Labute approximate surface area is 119 Å². The van der Waals surface area contributed by atoms with E-state index in [-0.39, 0.29) is 11.9 Å². The Kier molecular flexibility index (Phi) is 4.74. The maximum atomic E-state index is 13.1. The van der Waals surface area contributed by atoms with Gasteiger partial charge in [0.05, 0.1) is 7.11 Å². The minimum atomic E-state index is -0.188. The van der Waals surface area contributed by atoms with Gasteiger partial charge in [-0.15, -0.1) is 0 Å². The molecule has 0 bridgehead atoms. The molecule has 20 heavy (non-hydrogen) atoms. The first kappa shape index (κ1) is 14.5. The number of ether oxygens (including phenoxy) is 1. The fourth-order valence-electron chi connectivity index (χ4n) is 2.15. The third kappa shape index (κ3) is 3.58. The Morgan fingerprint density at radius 2 is 2.00 bits per heavy atom. The summed E-state index contributed by atoms with van der Waals surface area (Å²) in [5.41, 5.74) is 3.25. The van der Waals surface area contributed by atoms with Crippen molar-refractivity contribution in [1.29, 1.82) is 0 Å². The molecule has 0 aliphatic heterocycles. The highest BCUT2D eigenvalue weighted by molar-refractivity contribution is 5.31. The van der Waals surface area contributed by atoms with Crippen LogP contribution in [0.5, 0.6) is 5.75 Å². The molecule has 2 aromatic rings. The van der Waals surface area contributed by atoms with Crippen LogP contribution in [0.3, 0.4) is 0 Å². The number of halogens is 1. The fourth-order valence-corrected chi connectivity index (χ4v) is 2.15. The lowest BCUT2D eigenvalue weighted by Gasteiger charge is -2.16. The summed E-state index contributed by atoms with van der Waals surface area (Å²) in [6.07, 6.45) is 0. The fraction of sp³-hybridized carbons (Fsp3) is 0.294. The molecule has 0 saturated heterocycles. The van der Waals surface area contributed by atoms with Gasteiger partial charge in [-0.2, -0.15) is 0 Å². The van der Waals surface area contributed by atoms with Crippen molar-refractivity contribution in [3.8, 4) is 5.75 Å². The van der Waals surface area contributed by atoms with Gasteiger partial charge in [-0.25, -0.2) is 4.39 Å². The number of methoxy groups -OCH3 is 1. The minimum absolute atomic E-state index is 0.188. The SMILES string of the molecule is COc1cccc(C(C)NCc2ccc(F)cc2C)c1. The average Bonchev–Trinajstić information content (AvgIpc) is 2.46. The topological polar surface area (TPSA) is 21.3 Å². The van der Waals surface area contributed by atoms with Gasteiger partial charge in [-0.05, 0) is 54.8 Å². The zero-order chi connectivity index (χ0) is 14.5. The molecular formula is C17H20FNO. The highest BCUT2D eigenvalue weighted by Crippen LogP contribution is 2.19. The molecule has 0 aromatic heterocycles. The van der Waals surface area contributed by atoms with E-state index in [0.717, 1.165) is 16.9 Å². The van der Waals surface area contributed by atoms with E-state index in [9.17, 15) is 4.39 Å². The molecule has 1 unspecified atom stereocenters. The van der Waals surface area contributed by atoms with Crippen LogP contribution >= 0.6 is 0 Å². The molecule has 2 aromatic carbocycles. The summed E-state index contributed by atoms with van der Waals surface area (Å²) < 4.78 is 18.3. The number of nitrogens with one attached hydrogen (secondary N) is 1. The van der Waals surface area contributed by atoms with E-state index in [2.05, 4.69) is 18.3 Å². The van der Waals surface area contributed by atoms with Gasteiger partial charge >= 0.3 is 0 Å². The third-order valence-electron chi connectivity index (χ3n) is 3.50. The van der Waals surface area contributed by atoms with Crippen molar-refractivity contribution in [2.45, 2.75) is 26.4 Å². The first-order valence-electron chi connectivity index (χ1n) is 6.72. The highest BCUT2D eigenvalue weighted by atomic mass is 19.1. The second-order valence-electron chi connectivity index (χ2n) is 4.95. The maximum absolute atomic E-state index is 13.1. The van der Waals surface area contributed by atoms with Gasteiger partial charge in [0.25, 0.3) is 0 Å². The van der Waals surface area contributed by atoms with Crippen molar-refractivity contribution in [2.24, 2.45) is 0 Å². The van der Waals surface area contributed by atoms with Crippen LogP contribution < -0.4 is 10.1 Å². The summed E-state index contributed by atoms with van der Waals surface area (Å²) in [7, 11) is 1.67. The molecule has 0 radical (unpaired) electrons. The Morgan fingerprint density at radius 3 is 2.70 bits per heavy atom. The van der Waals surface area contributed by atoms with Crippen LogP contribution in [0.2, 0.25) is 0 Å². The maximum Gasteiger partial charge on any atom is 0.123 e. The van der Waals surface area contributed by atoms with E-state index in [1.807, 2.05) is 31.2 Å². The summed E-state index contributed by atoms with van der Waals surface area (Å²) >= 11 is 0. The van der Waals surface area contributed by atoms with Crippen LogP contribution in [0.15, 0.2) is 42.5 Å². The largest absolute Gasteiger partial charge is 0.497 e. The van der Waals surface area contributed by atoms with Crippen LogP contribution in [0.4, 0.5) is 4.39 Å². The molecule has 0 aliphatic carbocycles. The molecule has 3 heteroatoms. The van der Waals surface area contributed by atoms with E-state index < -0.39 is 0 Å². The van der Waals surface area contributed by atoms with Gasteiger partial charge in [0, 0.05) is 12.6 Å². The van der Waals surface area contributed by atoms with Gasteiger partial charge < -0.3 is 10.1 Å². The zero-order valence-corrected chi connectivity index (χ0v) is 12.1. The number of hydrogen-bond donors (Lipinski definition) is 1. The molecule has 1 atom stereocenters. The second-order valence-corrected chi connectivity index (χ2v) is 4.95. The standard InChI is InChI=1S/C17H20FNO/c1-12-9-16(18)8-7-15(12)11-19-13(2)14-5-4-6-17(10-14)20-3/h4-10,13,19H,11H2,1-3H3. The van der Waals surface area contributed by atoms with Crippen LogP contribution in [0.1, 0.15) is 29.7 Å². The number of hydrogen-bond acceptors (Lipinski definition) is 2. The first-order chi connectivity index (χ1) is 9.60. The van der Waals surface area contributed by atoms with E-state index in [0.29, 0.717) is 6.54 Å². The lowest BCUT2D eigenvalue weighted by Crippen LogP contribution is -2.18. The van der Waals surface area contributed by atoms with E-state index in [1.54, 1.807) is 13.2 Å². The molecule has 2 nitrogen and oxygen atoms in total.